The van der Waals surface area contributed by atoms with Crippen molar-refractivity contribution in [2.75, 3.05) is 6.61 Å². The van der Waals surface area contributed by atoms with Gasteiger partial charge in [0.25, 0.3) is 0 Å². The minimum absolute atomic E-state index is 0.101. The molecule has 2 aliphatic rings. The van der Waals surface area contributed by atoms with E-state index in [4.69, 9.17) is 4.74 Å². The number of halogens is 2. The molecule has 1 N–H and O–H groups in total. The van der Waals surface area contributed by atoms with Gasteiger partial charge in [-0.05, 0) is 38.0 Å². The Morgan fingerprint density at radius 3 is 2.89 bits per heavy atom. The number of ether oxygens (including phenoxy) is 1. The summed E-state index contributed by atoms with van der Waals surface area (Å²) in [7, 11) is 0. The Morgan fingerprint density at radius 2 is 2.11 bits per heavy atom. The van der Waals surface area contributed by atoms with E-state index in [0.29, 0.717) is 12.4 Å². The Labute approximate surface area is 155 Å². The van der Waals surface area contributed by atoms with E-state index in [9.17, 15) is 13.6 Å². The highest BCUT2D eigenvalue weighted by atomic mass is 19.1. The topological polar surface area (TPSA) is 69.0 Å². The summed E-state index contributed by atoms with van der Waals surface area (Å²) in [5, 5.41) is 11.3. The van der Waals surface area contributed by atoms with E-state index in [1.54, 1.807) is 6.92 Å². The second-order valence-electron chi connectivity index (χ2n) is 7.48. The zero-order valence-corrected chi connectivity index (χ0v) is 15.2. The van der Waals surface area contributed by atoms with Gasteiger partial charge in [0.05, 0.1) is 6.61 Å². The summed E-state index contributed by atoms with van der Waals surface area (Å²) in [5.74, 6) is 0.303. The van der Waals surface area contributed by atoms with Crippen LogP contribution in [0.25, 0.3) is 0 Å². The van der Waals surface area contributed by atoms with Gasteiger partial charge < -0.3 is 10.1 Å². The summed E-state index contributed by atoms with van der Waals surface area (Å²) in [6, 6.07) is 3.19. The molecule has 0 saturated heterocycles. The molecule has 0 bridgehead atoms. The lowest BCUT2D eigenvalue weighted by atomic mass is 9.97. The second-order valence-corrected chi connectivity index (χ2v) is 7.48. The first kappa shape index (κ1) is 18.0. The number of nitrogens with one attached hydrogen (secondary N) is 1. The summed E-state index contributed by atoms with van der Waals surface area (Å²) in [4.78, 5) is 13.0. The molecule has 2 heterocycles. The largest absolute Gasteiger partial charge is 0.370 e. The van der Waals surface area contributed by atoms with Gasteiger partial charge in [-0.1, -0.05) is 12.8 Å². The lowest BCUT2D eigenvalue weighted by molar-refractivity contribution is -0.135. The number of carbonyl (C=O) groups excluding carboxylic acids is 1. The summed E-state index contributed by atoms with van der Waals surface area (Å²) >= 11 is 0. The van der Waals surface area contributed by atoms with Gasteiger partial charge in [-0.15, -0.1) is 10.2 Å². The molecule has 0 radical (unpaired) electrons. The normalized spacial score (nSPS) is 22.6. The van der Waals surface area contributed by atoms with Crippen LogP contribution in [0.2, 0.25) is 0 Å². The second kappa shape index (κ2) is 6.99. The standard InChI is InChI=1S/C19H22F2N4O2/c1-19(18(26)22-9-13-8-14(20)6-7-15(13)21)11-27-10-16-23-24-17(25(16)19)12-4-2-3-5-12/h6-8,12H,2-5,9-11H2,1H3,(H,22,26). The number of aromatic nitrogens is 3. The summed E-state index contributed by atoms with van der Waals surface area (Å²) in [6.07, 6.45) is 4.35. The van der Waals surface area contributed by atoms with Crippen molar-refractivity contribution in [1.29, 1.82) is 0 Å². The minimum Gasteiger partial charge on any atom is -0.370 e. The van der Waals surface area contributed by atoms with E-state index >= 15 is 0 Å². The molecular weight excluding hydrogens is 354 g/mol. The molecule has 144 valence electrons. The maximum atomic E-state index is 13.8. The molecule has 1 aliphatic carbocycles. The highest BCUT2D eigenvalue weighted by molar-refractivity contribution is 5.84. The number of rotatable bonds is 4. The van der Waals surface area contributed by atoms with Crippen molar-refractivity contribution in [2.45, 2.75) is 57.2 Å². The van der Waals surface area contributed by atoms with E-state index in [-0.39, 0.29) is 30.5 Å². The molecule has 1 saturated carbocycles. The SMILES string of the molecule is CC1(C(=O)NCc2cc(F)ccc2F)COCc2nnc(C3CCCC3)n21. The van der Waals surface area contributed by atoms with Crippen LogP contribution in [0.5, 0.6) is 0 Å². The fourth-order valence-electron chi connectivity index (χ4n) is 4.03. The zero-order valence-electron chi connectivity index (χ0n) is 15.2. The van der Waals surface area contributed by atoms with Crippen molar-refractivity contribution in [3.8, 4) is 0 Å². The molecule has 1 aliphatic heterocycles. The van der Waals surface area contributed by atoms with Crippen LogP contribution in [-0.4, -0.2) is 27.3 Å². The molecule has 1 atom stereocenters. The summed E-state index contributed by atoms with van der Waals surface area (Å²) in [6.45, 7) is 2.15. The molecular formula is C19H22F2N4O2. The first-order chi connectivity index (χ1) is 13.0. The molecule has 4 rings (SSSR count). The van der Waals surface area contributed by atoms with Crippen LogP contribution in [0.4, 0.5) is 8.78 Å². The number of hydrogen-bond acceptors (Lipinski definition) is 4. The number of amides is 1. The molecule has 1 amide bonds. The number of hydrogen-bond donors (Lipinski definition) is 1. The van der Waals surface area contributed by atoms with Crippen LogP contribution < -0.4 is 5.32 Å². The van der Waals surface area contributed by atoms with Crippen LogP contribution in [0.3, 0.4) is 0 Å². The van der Waals surface area contributed by atoms with Gasteiger partial charge in [0.2, 0.25) is 5.91 Å². The lowest BCUT2D eigenvalue weighted by Gasteiger charge is -2.36. The third-order valence-electron chi connectivity index (χ3n) is 5.52. The van der Waals surface area contributed by atoms with Crippen LogP contribution >= 0.6 is 0 Å². The van der Waals surface area contributed by atoms with Gasteiger partial charge in [-0.2, -0.15) is 0 Å². The van der Waals surface area contributed by atoms with Crippen molar-refractivity contribution >= 4 is 5.91 Å². The molecule has 2 aromatic rings. The zero-order chi connectivity index (χ0) is 19.0. The Hall–Kier alpha value is -2.35. The molecule has 1 fully saturated rings. The number of benzene rings is 1. The van der Waals surface area contributed by atoms with Crippen molar-refractivity contribution < 1.29 is 18.3 Å². The first-order valence-electron chi connectivity index (χ1n) is 9.23. The Morgan fingerprint density at radius 1 is 1.33 bits per heavy atom. The fourth-order valence-corrected chi connectivity index (χ4v) is 4.03. The minimum atomic E-state index is -1.03. The smallest absolute Gasteiger partial charge is 0.248 e. The van der Waals surface area contributed by atoms with E-state index in [2.05, 4.69) is 15.5 Å². The lowest BCUT2D eigenvalue weighted by Crippen LogP contribution is -2.53. The number of fused-ring (bicyclic) bond motifs is 1. The summed E-state index contributed by atoms with van der Waals surface area (Å²) in [5.41, 5.74) is -0.928. The Bertz CT molecular complexity index is 863. The average Bonchev–Trinajstić information content (AvgIpc) is 3.32. The molecule has 1 unspecified atom stereocenters. The van der Waals surface area contributed by atoms with Gasteiger partial charge in [0, 0.05) is 18.0 Å². The summed E-state index contributed by atoms with van der Waals surface area (Å²) < 4.78 is 34.7. The average molecular weight is 376 g/mol. The van der Waals surface area contributed by atoms with E-state index in [1.807, 2.05) is 4.57 Å². The molecule has 6 nitrogen and oxygen atoms in total. The monoisotopic (exact) mass is 376 g/mol. The highest BCUT2D eigenvalue weighted by Gasteiger charge is 2.43. The predicted molar refractivity (Wildman–Crippen MR) is 92.7 cm³/mol. The van der Waals surface area contributed by atoms with Gasteiger partial charge in [-0.3, -0.25) is 9.36 Å². The molecule has 1 aromatic heterocycles. The number of carbonyl (C=O) groups is 1. The van der Waals surface area contributed by atoms with Crippen molar-refractivity contribution in [1.82, 2.24) is 20.1 Å². The Balaban J connectivity index is 1.59. The maximum absolute atomic E-state index is 13.8. The van der Waals surface area contributed by atoms with E-state index in [1.165, 1.54) is 0 Å². The van der Waals surface area contributed by atoms with Gasteiger partial charge in [0.15, 0.2) is 5.82 Å². The molecule has 0 spiro atoms. The predicted octanol–water partition coefficient (Wildman–Crippen LogP) is 2.78. The quantitative estimate of drug-likeness (QED) is 0.891. The van der Waals surface area contributed by atoms with Crippen LogP contribution in [0, 0.1) is 11.6 Å². The van der Waals surface area contributed by atoms with E-state index < -0.39 is 17.2 Å². The highest BCUT2D eigenvalue weighted by Crippen LogP contribution is 2.37. The van der Waals surface area contributed by atoms with Gasteiger partial charge in [-0.25, -0.2) is 8.78 Å². The van der Waals surface area contributed by atoms with Crippen LogP contribution in [0.1, 0.15) is 55.7 Å². The molecule has 1 aromatic carbocycles. The van der Waals surface area contributed by atoms with Crippen molar-refractivity contribution in [2.24, 2.45) is 0 Å². The molecule has 27 heavy (non-hydrogen) atoms. The molecule has 8 heteroatoms. The van der Waals surface area contributed by atoms with Gasteiger partial charge in [0.1, 0.15) is 29.6 Å². The van der Waals surface area contributed by atoms with Crippen molar-refractivity contribution in [3.63, 3.8) is 0 Å². The van der Waals surface area contributed by atoms with Crippen LogP contribution in [0.15, 0.2) is 18.2 Å². The third-order valence-corrected chi connectivity index (χ3v) is 5.52. The third kappa shape index (κ3) is 3.22. The first-order valence-corrected chi connectivity index (χ1v) is 9.23. The van der Waals surface area contributed by atoms with Crippen molar-refractivity contribution in [3.05, 3.63) is 47.0 Å². The van der Waals surface area contributed by atoms with Crippen LogP contribution in [-0.2, 0) is 28.2 Å². The number of nitrogens with zero attached hydrogens (tertiary/aromatic N) is 3. The van der Waals surface area contributed by atoms with E-state index in [0.717, 1.165) is 49.7 Å². The van der Waals surface area contributed by atoms with Gasteiger partial charge >= 0.3 is 0 Å². The fraction of sp³-hybridized carbons (Fsp3) is 0.526. The Kier molecular flexibility index (Phi) is 4.67. The maximum Gasteiger partial charge on any atom is 0.248 e.